The molecule has 0 saturated heterocycles. The predicted octanol–water partition coefficient (Wildman–Crippen LogP) is 2.83. The lowest BCUT2D eigenvalue weighted by Crippen LogP contribution is -2.40. The van der Waals surface area contributed by atoms with Crippen molar-refractivity contribution in [2.45, 2.75) is 32.8 Å². The molecule has 0 heterocycles. The molecule has 0 aliphatic carbocycles. The van der Waals surface area contributed by atoms with E-state index in [-0.39, 0.29) is 30.3 Å². The van der Waals surface area contributed by atoms with E-state index in [2.05, 4.69) is 24.5 Å². The number of ether oxygens (including phenoxy) is 1. The lowest BCUT2D eigenvalue weighted by atomic mass is 10.0. The molecule has 0 aromatic heterocycles. The van der Waals surface area contributed by atoms with Crippen LogP contribution in [0.4, 0.5) is 0 Å². The maximum atomic E-state index is 12.1. The van der Waals surface area contributed by atoms with Crippen molar-refractivity contribution < 1.29 is 19.4 Å². The molecule has 27 heavy (non-hydrogen) atoms. The maximum Gasteiger partial charge on any atom is 0.260 e. The van der Waals surface area contributed by atoms with Gasteiger partial charge in [-0.25, -0.2) is 0 Å². The van der Waals surface area contributed by atoms with Gasteiger partial charge in [0.15, 0.2) is 6.10 Å². The summed E-state index contributed by atoms with van der Waals surface area (Å²) in [5, 5.41) is 15.0. The van der Waals surface area contributed by atoms with Crippen LogP contribution in [0.2, 0.25) is 0 Å². The summed E-state index contributed by atoms with van der Waals surface area (Å²) in [6.45, 7) is 6.41. The monoisotopic (exact) mass is 370 g/mol. The quantitative estimate of drug-likeness (QED) is 0.624. The van der Waals surface area contributed by atoms with Crippen molar-refractivity contribution >= 4 is 11.8 Å². The summed E-state index contributed by atoms with van der Waals surface area (Å²) in [5.74, 6) is 0.337. The number of phenolic OH excluding ortho intramolecular Hbond substituents is 1. The average Bonchev–Trinajstić information content (AvgIpc) is 2.65. The molecular weight excluding hydrogens is 344 g/mol. The summed E-state index contributed by atoms with van der Waals surface area (Å²) < 4.78 is 5.64. The Kier molecular flexibility index (Phi) is 7.23. The van der Waals surface area contributed by atoms with E-state index in [0.717, 1.165) is 0 Å². The van der Waals surface area contributed by atoms with Gasteiger partial charge in [0.25, 0.3) is 11.8 Å². The number of benzene rings is 2. The van der Waals surface area contributed by atoms with Crippen LogP contribution in [0, 0.1) is 0 Å². The highest BCUT2D eigenvalue weighted by Crippen LogP contribution is 2.19. The Bertz CT molecular complexity index is 772. The van der Waals surface area contributed by atoms with E-state index >= 15 is 0 Å². The Morgan fingerprint density at radius 2 is 1.59 bits per heavy atom. The van der Waals surface area contributed by atoms with E-state index in [9.17, 15) is 14.7 Å². The average molecular weight is 370 g/mol. The second-order valence-corrected chi connectivity index (χ2v) is 6.55. The first kappa shape index (κ1) is 20.3. The molecular formula is C21H26N2O4. The fourth-order valence-electron chi connectivity index (χ4n) is 2.46. The highest BCUT2D eigenvalue weighted by Gasteiger charge is 2.15. The summed E-state index contributed by atoms with van der Waals surface area (Å²) >= 11 is 0. The molecule has 0 spiro atoms. The summed E-state index contributed by atoms with van der Waals surface area (Å²) in [4.78, 5) is 24.1. The molecule has 0 bridgehead atoms. The molecule has 6 heteroatoms. The molecule has 144 valence electrons. The van der Waals surface area contributed by atoms with Crippen LogP contribution in [0.3, 0.4) is 0 Å². The molecule has 2 aromatic carbocycles. The first-order valence-electron chi connectivity index (χ1n) is 8.99. The van der Waals surface area contributed by atoms with Gasteiger partial charge in [0, 0.05) is 13.1 Å². The highest BCUT2D eigenvalue weighted by molar-refractivity contribution is 5.96. The summed E-state index contributed by atoms with van der Waals surface area (Å²) in [5.41, 5.74) is 1.41. The van der Waals surface area contributed by atoms with E-state index in [1.165, 1.54) is 17.7 Å². The highest BCUT2D eigenvalue weighted by atomic mass is 16.5. The molecule has 0 aliphatic rings. The van der Waals surface area contributed by atoms with Crippen molar-refractivity contribution in [2.75, 3.05) is 13.1 Å². The number of phenols is 1. The van der Waals surface area contributed by atoms with Crippen LogP contribution in [-0.2, 0) is 4.79 Å². The molecule has 0 saturated carbocycles. The van der Waals surface area contributed by atoms with Gasteiger partial charge in [-0.15, -0.1) is 0 Å². The van der Waals surface area contributed by atoms with E-state index in [1.54, 1.807) is 19.1 Å². The first-order valence-corrected chi connectivity index (χ1v) is 8.99. The topological polar surface area (TPSA) is 87.7 Å². The summed E-state index contributed by atoms with van der Waals surface area (Å²) in [6, 6.07) is 14.0. The Balaban J connectivity index is 1.73. The van der Waals surface area contributed by atoms with Crippen LogP contribution in [0.25, 0.3) is 0 Å². The molecule has 1 atom stereocenters. The number of amides is 2. The third-order valence-electron chi connectivity index (χ3n) is 4.09. The van der Waals surface area contributed by atoms with Gasteiger partial charge in [-0.1, -0.05) is 38.1 Å². The lowest BCUT2D eigenvalue weighted by molar-refractivity contribution is -0.127. The first-order chi connectivity index (χ1) is 12.9. The lowest BCUT2D eigenvalue weighted by Gasteiger charge is -2.15. The fraction of sp³-hybridized carbons (Fsp3) is 0.333. The van der Waals surface area contributed by atoms with E-state index in [0.29, 0.717) is 11.7 Å². The smallest absolute Gasteiger partial charge is 0.260 e. The zero-order valence-electron chi connectivity index (χ0n) is 15.9. The summed E-state index contributed by atoms with van der Waals surface area (Å²) in [6.07, 6.45) is -0.649. The van der Waals surface area contributed by atoms with Crippen molar-refractivity contribution in [3.05, 3.63) is 59.7 Å². The number of para-hydroxylation sites is 1. The Morgan fingerprint density at radius 3 is 2.22 bits per heavy atom. The van der Waals surface area contributed by atoms with Crippen LogP contribution in [0.15, 0.2) is 48.5 Å². The number of hydrogen-bond acceptors (Lipinski definition) is 4. The van der Waals surface area contributed by atoms with Gasteiger partial charge < -0.3 is 20.5 Å². The molecule has 0 fully saturated rings. The van der Waals surface area contributed by atoms with Gasteiger partial charge in [-0.3, -0.25) is 9.59 Å². The number of aromatic hydroxyl groups is 1. The Labute approximate surface area is 159 Å². The Morgan fingerprint density at radius 1 is 0.963 bits per heavy atom. The number of carbonyl (C=O) groups is 2. The normalized spacial score (nSPS) is 11.7. The van der Waals surface area contributed by atoms with Gasteiger partial charge in [0.05, 0.1) is 5.56 Å². The molecule has 6 nitrogen and oxygen atoms in total. The van der Waals surface area contributed by atoms with Crippen molar-refractivity contribution in [3.63, 3.8) is 0 Å². The second-order valence-electron chi connectivity index (χ2n) is 6.55. The number of rotatable bonds is 8. The van der Waals surface area contributed by atoms with Crippen LogP contribution >= 0.6 is 0 Å². The predicted molar refractivity (Wildman–Crippen MR) is 104 cm³/mol. The SMILES string of the molecule is CC(Oc1ccc(C(C)C)cc1)C(=O)NCCNC(=O)c1ccccc1O. The molecule has 0 radical (unpaired) electrons. The minimum absolute atomic E-state index is 0.0791. The van der Waals surface area contributed by atoms with Crippen LogP contribution in [0.5, 0.6) is 11.5 Å². The van der Waals surface area contributed by atoms with E-state index in [1.807, 2.05) is 24.3 Å². The van der Waals surface area contributed by atoms with Gasteiger partial charge in [0.2, 0.25) is 0 Å². The molecule has 2 rings (SSSR count). The van der Waals surface area contributed by atoms with Gasteiger partial charge in [0.1, 0.15) is 11.5 Å². The zero-order valence-corrected chi connectivity index (χ0v) is 15.9. The second kappa shape index (κ2) is 9.62. The van der Waals surface area contributed by atoms with Crippen molar-refractivity contribution in [3.8, 4) is 11.5 Å². The number of hydrogen-bond donors (Lipinski definition) is 3. The molecule has 2 aromatic rings. The minimum atomic E-state index is -0.649. The van der Waals surface area contributed by atoms with E-state index < -0.39 is 12.0 Å². The molecule has 3 N–H and O–H groups in total. The minimum Gasteiger partial charge on any atom is -0.507 e. The van der Waals surface area contributed by atoms with Gasteiger partial charge >= 0.3 is 0 Å². The van der Waals surface area contributed by atoms with Crippen molar-refractivity contribution in [1.82, 2.24) is 10.6 Å². The molecule has 0 aliphatic heterocycles. The zero-order chi connectivity index (χ0) is 19.8. The van der Waals surface area contributed by atoms with E-state index in [4.69, 9.17) is 4.74 Å². The van der Waals surface area contributed by atoms with Gasteiger partial charge in [-0.2, -0.15) is 0 Å². The fourth-order valence-corrected chi connectivity index (χ4v) is 2.46. The van der Waals surface area contributed by atoms with Crippen LogP contribution in [-0.4, -0.2) is 36.1 Å². The van der Waals surface area contributed by atoms with Crippen LogP contribution < -0.4 is 15.4 Å². The maximum absolute atomic E-state index is 12.1. The molecule has 2 amide bonds. The summed E-state index contributed by atoms with van der Waals surface area (Å²) in [7, 11) is 0. The third kappa shape index (κ3) is 6.02. The molecule has 1 unspecified atom stereocenters. The third-order valence-corrected chi connectivity index (χ3v) is 4.09. The Hall–Kier alpha value is -3.02. The standard InChI is InChI=1S/C21H26N2O4/c1-14(2)16-8-10-17(11-9-16)27-15(3)20(25)22-12-13-23-21(26)18-6-4-5-7-19(18)24/h4-11,14-15,24H,12-13H2,1-3H3,(H,22,25)(H,23,26). The van der Waals surface area contributed by atoms with Crippen molar-refractivity contribution in [2.24, 2.45) is 0 Å². The van der Waals surface area contributed by atoms with Crippen LogP contribution in [0.1, 0.15) is 42.6 Å². The van der Waals surface area contributed by atoms with Crippen molar-refractivity contribution in [1.29, 1.82) is 0 Å². The largest absolute Gasteiger partial charge is 0.507 e. The number of nitrogens with one attached hydrogen (secondary N) is 2. The number of carbonyl (C=O) groups excluding carboxylic acids is 2. The van der Waals surface area contributed by atoms with Gasteiger partial charge in [-0.05, 0) is 42.7 Å².